The van der Waals surface area contributed by atoms with E-state index in [2.05, 4.69) is 30.7 Å². The average molecular weight is 452 g/mol. The molecule has 4 aromatic heterocycles. The van der Waals surface area contributed by atoms with Crippen LogP contribution >= 0.6 is 0 Å². The third kappa shape index (κ3) is 4.46. The molecule has 10 nitrogen and oxygen atoms in total. The van der Waals surface area contributed by atoms with Gasteiger partial charge in [0.25, 0.3) is 5.91 Å². The van der Waals surface area contributed by atoms with Gasteiger partial charge in [0.15, 0.2) is 11.6 Å². The van der Waals surface area contributed by atoms with Crippen LogP contribution in [0.25, 0.3) is 33.8 Å². The summed E-state index contributed by atoms with van der Waals surface area (Å²) < 4.78 is 1.62. The van der Waals surface area contributed by atoms with Gasteiger partial charge in [-0.05, 0) is 36.3 Å². The van der Waals surface area contributed by atoms with Gasteiger partial charge < -0.3 is 15.6 Å². The molecule has 2 amide bonds. The van der Waals surface area contributed by atoms with E-state index in [1.165, 1.54) is 6.20 Å². The standard InChI is InChI=1S/C21H23B3N8O2/c1-32-9-26-17(31-32)14-4-2-3-13(27-14)15-7-11-12(20(34)30-21(22,23)24)8-25-18(16(11)28-15)29-19(33)10-5-6-10/h2-4,7-10,28H,5-6,22-24H2,1H3,(H,30,34)(H,25,29,33). The number of H-pyrrole nitrogens is 1. The van der Waals surface area contributed by atoms with Crippen LogP contribution in [0, 0.1) is 5.92 Å². The van der Waals surface area contributed by atoms with Crippen LogP contribution in [0.5, 0.6) is 0 Å². The first kappa shape index (κ1) is 21.9. The minimum Gasteiger partial charge on any atom is -0.370 e. The lowest BCUT2D eigenvalue weighted by Crippen LogP contribution is -2.50. The van der Waals surface area contributed by atoms with Crippen molar-refractivity contribution in [1.82, 2.24) is 35.0 Å². The second-order valence-corrected chi connectivity index (χ2v) is 9.61. The highest BCUT2D eigenvalue weighted by Crippen LogP contribution is 2.33. The van der Waals surface area contributed by atoms with Crippen LogP contribution < -0.4 is 10.6 Å². The van der Waals surface area contributed by atoms with E-state index >= 15 is 0 Å². The Morgan fingerprint density at radius 3 is 2.62 bits per heavy atom. The fraction of sp³-hybridized carbons (Fsp3) is 0.238. The molecule has 1 aliphatic carbocycles. The molecule has 0 aromatic carbocycles. The Morgan fingerprint density at radius 2 is 1.94 bits per heavy atom. The van der Waals surface area contributed by atoms with E-state index < -0.39 is 5.24 Å². The Morgan fingerprint density at radius 1 is 1.18 bits per heavy atom. The Kier molecular flexibility index (Phi) is 5.26. The Bertz CT molecular complexity index is 1420. The van der Waals surface area contributed by atoms with Gasteiger partial charge in [0.2, 0.25) is 5.91 Å². The number of hydrogen-bond donors (Lipinski definition) is 3. The number of anilines is 1. The van der Waals surface area contributed by atoms with Gasteiger partial charge in [-0.1, -0.05) is 6.07 Å². The number of aromatic nitrogens is 6. The first-order valence-corrected chi connectivity index (χ1v) is 11.2. The van der Waals surface area contributed by atoms with Crippen LogP contribution in [-0.4, -0.2) is 70.3 Å². The summed E-state index contributed by atoms with van der Waals surface area (Å²) in [6.07, 6.45) is 4.89. The van der Waals surface area contributed by atoms with Crippen molar-refractivity contribution < 1.29 is 9.59 Å². The number of pyridine rings is 2. The number of carbonyl (C=O) groups excluding carboxylic acids is 2. The highest BCUT2D eigenvalue weighted by molar-refractivity contribution is 6.60. The number of amides is 2. The van der Waals surface area contributed by atoms with Crippen molar-refractivity contribution in [3.63, 3.8) is 0 Å². The molecule has 4 aromatic rings. The van der Waals surface area contributed by atoms with Crippen LogP contribution in [0.15, 0.2) is 36.8 Å². The zero-order valence-corrected chi connectivity index (χ0v) is 19.5. The summed E-state index contributed by atoms with van der Waals surface area (Å²) >= 11 is 0. The second-order valence-electron chi connectivity index (χ2n) is 9.61. The number of nitrogens with zero attached hydrogens (tertiary/aromatic N) is 5. The van der Waals surface area contributed by atoms with Crippen LogP contribution in [0.4, 0.5) is 5.82 Å². The highest BCUT2D eigenvalue weighted by Gasteiger charge is 2.31. The predicted molar refractivity (Wildman–Crippen MR) is 137 cm³/mol. The zero-order valence-electron chi connectivity index (χ0n) is 19.5. The molecule has 168 valence electrons. The molecule has 0 aliphatic heterocycles. The Labute approximate surface area is 198 Å². The first-order valence-electron chi connectivity index (χ1n) is 11.2. The van der Waals surface area contributed by atoms with E-state index in [1.54, 1.807) is 18.1 Å². The topological polar surface area (TPSA) is 130 Å². The summed E-state index contributed by atoms with van der Waals surface area (Å²) in [6, 6.07) is 7.44. The van der Waals surface area contributed by atoms with E-state index in [1.807, 2.05) is 47.8 Å². The molecule has 3 N–H and O–H groups in total. The maximum absolute atomic E-state index is 13.0. The van der Waals surface area contributed by atoms with Crippen LogP contribution in [-0.2, 0) is 11.8 Å². The average Bonchev–Trinajstić information content (AvgIpc) is 3.39. The highest BCUT2D eigenvalue weighted by atomic mass is 16.2. The summed E-state index contributed by atoms with van der Waals surface area (Å²) in [5.41, 5.74) is 2.96. The smallest absolute Gasteiger partial charge is 0.252 e. The molecule has 1 aliphatic rings. The van der Waals surface area contributed by atoms with Crippen molar-refractivity contribution >= 4 is 52.1 Å². The third-order valence-corrected chi connectivity index (χ3v) is 5.44. The molecule has 0 spiro atoms. The van der Waals surface area contributed by atoms with Crippen molar-refractivity contribution in [2.45, 2.75) is 18.1 Å². The van der Waals surface area contributed by atoms with Gasteiger partial charge in [0.05, 0.1) is 22.5 Å². The lowest BCUT2D eigenvalue weighted by Gasteiger charge is -2.20. The quantitative estimate of drug-likeness (QED) is 0.323. The van der Waals surface area contributed by atoms with Gasteiger partial charge in [0.1, 0.15) is 35.6 Å². The molecular weight excluding hydrogens is 429 g/mol. The molecule has 5 rings (SSSR count). The number of rotatable bonds is 6. The van der Waals surface area contributed by atoms with Crippen molar-refractivity contribution in [3.05, 3.63) is 42.4 Å². The van der Waals surface area contributed by atoms with Crippen LogP contribution in [0.1, 0.15) is 23.2 Å². The number of hydrogen-bond acceptors (Lipinski definition) is 6. The molecule has 0 radical (unpaired) electrons. The fourth-order valence-corrected chi connectivity index (χ4v) is 3.67. The van der Waals surface area contributed by atoms with E-state index in [9.17, 15) is 9.59 Å². The normalized spacial score (nSPS) is 13.7. The van der Waals surface area contributed by atoms with Gasteiger partial charge in [0, 0.05) is 24.5 Å². The van der Waals surface area contributed by atoms with Crippen molar-refractivity contribution in [2.24, 2.45) is 13.0 Å². The molecule has 1 fully saturated rings. The van der Waals surface area contributed by atoms with Gasteiger partial charge >= 0.3 is 0 Å². The molecular formula is C21H23B3N8O2. The Balaban J connectivity index is 1.59. The van der Waals surface area contributed by atoms with E-state index in [0.29, 0.717) is 45.2 Å². The second kappa shape index (κ2) is 8.16. The summed E-state index contributed by atoms with van der Waals surface area (Å²) in [4.78, 5) is 42.2. The zero-order chi connectivity index (χ0) is 24.0. The fourth-order valence-electron chi connectivity index (χ4n) is 3.67. The van der Waals surface area contributed by atoms with Crippen LogP contribution in [0.3, 0.4) is 0 Å². The molecule has 34 heavy (non-hydrogen) atoms. The summed E-state index contributed by atoms with van der Waals surface area (Å²) in [5.74, 6) is 0.644. The molecule has 1 saturated carbocycles. The van der Waals surface area contributed by atoms with E-state index in [4.69, 9.17) is 4.98 Å². The van der Waals surface area contributed by atoms with Gasteiger partial charge in [-0.2, -0.15) is 0 Å². The molecule has 0 atom stereocenters. The van der Waals surface area contributed by atoms with Crippen molar-refractivity contribution in [3.8, 4) is 22.9 Å². The third-order valence-electron chi connectivity index (χ3n) is 5.44. The molecule has 13 heteroatoms. The van der Waals surface area contributed by atoms with Crippen LogP contribution in [0.2, 0.25) is 0 Å². The number of carbonyl (C=O) groups is 2. The molecule has 0 saturated heterocycles. The number of nitrogens with one attached hydrogen (secondary N) is 3. The van der Waals surface area contributed by atoms with Gasteiger partial charge in [-0.3, -0.25) is 14.3 Å². The number of aromatic amines is 1. The lowest BCUT2D eigenvalue weighted by atomic mass is 9.49. The molecule has 0 bridgehead atoms. The number of fused-ring (bicyclic) bond motifs is 1. The molecule has 4 heterocycles. The maximum Gasteiger partial charge on any atom is 0.252 e. The van der Waals surface area contributed by atoms with Gasteiger partial charge in [-0.15, -0.1) is 5.10 Å². The van der Waals surface area contributed by atoms with Gasteiger partial charge in [-0.25, -0.2) is 15.0 Å². The monoisotopic (exact) mass is 452 g/mol. The molecule has 0 unspecified atom stereocenters. The minimum atomic E-state index is -0.410. The SMILES string of the molecule is BC(B)(B)NC(=O)c1cnc(NC(=O)C2CC2)c2[nH]c(-c3cccc(-c4ncn(C)n4)n3)cc12. The lowest BCUT2D eigenvalue weighted by molar-refractivity contribution is -0.117. The van der Waals surface area contributed by atoms with E-state index in [-0.39, 0.29) is 17.7 Å². The van der Waals surface area contributed by atoms with Crippen molar-refractivity contribution in [1.29, 1.82) is 0 Å². The maximum atomic E-state index is 13.0. The largest absolute Gasteiger partial charge is 0.370 e. The van der Waals surface area contributed by atoms with E-state index in [0.717, 1.165) is 12.8 Å². The predicted octanol–water partition coefficient (Wildman–Crippen LogP) is -0.991. The summed E-state index contributed by atoms with van der Waals surface area (Å²) in [5, 5.41) is 10.5. The summed E-state index contributed by atoms with van der Waals surface area (Å²) in [6.45, 7) is 0. The summed E-state index contributed by atoms with van der Waals surface area (Å²) in [7, 11) is 7.56. The Hall–Kier alpha value is -3.89. The minimum absolute atomic E-state index is 0.0272. The first-order chi connectivity index (χ1) is 16.2. The van der Waals surface area contributed by atoms with Crippen molar-refractivity contribution in [2.75, 3.05) is 5.32 Å². The number of aryl methyl sites for hydroxylation is 1.